The molecule has 6 nitrogen and oxygen atoms in total. The number of anilines is 1. The van der Waals surface area contributed by atoms with Crippen LogP contribution in [0.1, 0.15) is 57.9 Å². The van der Waals surface area contributed by atoms with Crippen LogP contribution < -0.4 is 10.6 Å². The fraction of sp³-hybridized carbons (Fsp3) is 0.550. The standard InChI is InChI=1S/C20H28N2O4/c1-20(2,19(25)26)15-8-10-16(11-9-15)22-18(24)13-21-17(23)12-7-14-5-3-4-6-14/h8-11,14H,3-7,12-13H2,1-2H3,(H,21,23)(H,22,24)(H,25,26). The number of nitrogens with one attached hydrogen (secondary N) is 2. The molecule has 0 heterocycles. The van der Waals surface area contributed by atoms with Crippen LogP contribution in [0.15, 0.2) is 24.3 Å². The van der Waals surface area contributed by atoms with Gasteiger partial charge in [-0.1, -0.05) is 37.8 Å². The number of rotatable bonds is 8. The van der Waals surface area contributed by atoms with E-state index < -0.39 is 11.4 Å². The predicted octanol–water partition coefficient (Wildman–Crippen LogP) is 3.07. The molecule has 0 atom stereocenters. The van der Waals surface area contributed by atoms with Crippen LogP contribution in [0.2, 0.25) is 0 Å². The van der Waals surface area contributed by atoms with E-state index in [9.17, 15) is 19.5 Å². The molecule has 1 aromatic carbocycles. The van der Waals surface area contributed by atoms with Gasteiger partial charge in [-0.15, -0.1) is 0 Å². The molecule has 1 aliphatic rings. The van der Waals surface area contributed by atoms with Crippen molar-refractivity contribution in [2.75, 3.05) is 11.9 Å². The lowest BCUT2D eigenvalue weighted by atomic mass is 9.85. The van der Waals surface area contributed by atoms with Crippen molar-refractivity contribution >= 4 is 23.5 Å². The summed E-state index contributed by atoms with van der Waals surface area (Å²) in [5.74, 6) is -0.646. The molecule has 26 heavy (non-hydrogen) atoms. The van der Waals surface area contributed by atoms with Crippen molar-refractivity contribution in [1.82, 2.24) is 5.32 Å². The third kappa shape index (κ3) is 5.58. The highest BCUT2D eigenvalue weighted by Crippen LogP contribution is 2.28. The normalized spacial score (nSPS) is 14.8. The summed E-state index contributed by atoms with van der Waals surface area (Å²) in [6.07, 6.45) is 6.31. The zero-order valence-electron chi connectivity index (χ0n) is 15.5. The SMILES string of the molecule is CC(C)(C(=O)O)c1ccc(NC(=O)CNC(=O)CCC2CCCC2)cc1. The second-order valence-electron chi connectivity index (χ2n) is 7.52. The van der Waals surface area contributed by atoms with Crippen LogP contribution >= 0.6 is 0 Å². The predicted molar refractivity (Wildman–Crippen MR) is 99.9 cm³/mol. The van der Waals surface area contributed by atoms with E-state index in [4.69, 9.17) is 0 Å². The quantitative estimate of drug-likeness (QED) is 0.664. The molecule has 142 valence electrons. The number of carbonyl (C=O) groups excluding carboxylic acids is 2. The maximum absolute atomic E-state index is 11.9. The molecule has 0 bridgehead atoms. The Labute approximate surface area is 154 Å². The molecule has 2 rings (SSSR count). The van der Waals surface area contributed by atoms with Gasteiger partial charge in [-0.25, -0.2) is 0 Å². The number of carbonyl (C=O) groups is 3. The third-order valence-corrected chi connectivity index (χ3v) is 5.13. The summed E-state index contributed by atoms with van der Waals surface area (Å²) in [5.41, 5.74) is 0.235. The fourth-order valence-electron chi connectivity index (χ4n) is 3.20. The van der Waals surface area contributed by atoms with Gasteiger partial charge in [0.15, 0.2) is 0 Å². The monoisotopic (exact) mass is 360 g/mol. The molecule has 1 aliphatic carbocycles. The molecule has 3 N–H and O–H groups in total. The van der Waals surface area contributed by atoms with Crippen molar-refractivity contribution in [3.63, 3.8) is 0 Å². The minimum atomic E-state index is -0.990. The molecule has 0 unspecified atom stereocenters. The molecule has 0 aliphatic heterocycles. The van der Waals surface area contributed by atoms with E-state index >= 15 is 0 Å². The van der Waals surface area contributed by atoms with Gasteiger partial charge in [-0.05, 0) is 43.9 Å². The number of amides is 2. The average molecular weight is 360 g/mol. The lowest BCUT2D eigenvalue weighted by Gasteiger charge is -2.19. The number of benzene rings is 1. The van der Waals surface area contributed by atoms with Crippen molar-refractivity contribution in [2.45, 2.75) is 57.8 Å². The maximum Gasteiger partial charge on any atom is 0.313 e. The fourth-order valence-corrected chi connectivity index (χ4v) is 3.20. The Hall–Kier alpha value is -2.37. The number of hydrogen-bond donors (Lipinski definition) is 3. The summed E-state index contributed by atoms with van der Waals surface area (Å²) in [4.78, 5) is 35.0. The maximum atomic E-state index is 11.9. The Kier molecular flexibility index (Phi) is 6.77. The van der Waals surface area contributed by atoms with Crippen LogP contribution in [0.4, 0.5) is 5.69 Å². The van der Waals surface area contributed by atoms with Crippen LogP contribution in [0.25, 0.3) is 0 Å². The van der Waals surface area contributed by atoms with Crippen LogP contribution in [-0.4, -0.2) is 29.4 Å². The molecule has 2 amide bonds. The summed E-state index contributed by atoms with van der Waals surface area (Å²) < 4.78 is 0. The van der Waals surface area contributed by atoms with Crippen LogP contribution in [-0.2, 0) is 19.8 Å². The highest BCUT2D eigenvalue weighted by atomic mass is 16.4. The van der Waals surface area contributed by atoms with Gasteiger partial charge in [0.25, 0.3) is 0 Å². The Morgan fingerprint density at radius 1 is 1.08 bits per heavy atom. The molecule has 0 aromatic heterocycles. The smallest absolute Gasteiger partial charge is 0.313 e. The molecular weight excluding hydrogens is 332 g/mol. The first-order chi connectivity index (χ1) is 12.3. The van der Waals surface area contributed by atoms with E-state index in [1.807, 2.05) is 0 Å². The minimum absolute atomic E-state index is 0.0636. The lowest BCUT2D eigenvalue weighted by Crippen LogP contribution is -2.33. The molecule has 1 saturated carbocycles. The Balaban J connectivity index is 1.75. The zero-order valence-corrected chi connectivity index (χ0v) is 15.5. The lowest BCUT2D eigenvalue weighted by molar-refractivity contribution is -0.142. The Morgan fingerprint density at radius 3 is 2.27 bits per heavy atom. The number of carboxylic acids is 1. The molecule has 0 saturated heterocycles. The molecule has 1 fully saturated rings. The third-order valence-electron chi connectivity index (χ3n) is 5.13. The number of hydrogen-bond acceptors (Lipinski definition) is 3. The van der Waals surface area contributed by atoms with Crippen molar-refractivity contribution in [1.29, 1.82) is 0 Å². The van der Waals surface area contributed by atoms with Crippen LogP contribution in [0.5, 0.6) is 0 Å². The summed E-state index contributed by atoms with van der Waals surface area (Å²) in [6.45, 7) is 3.19. The summed E-state index contributed by atoms with van der Waals surface area (Å²) in [5, 5.41) is 14.6. The van der Waals surface area contributed by atoms with Gasteiger partial charge in [0, 0.05) is 12.1 Å². The van der Waals surface area contributed by atoms with Gasteiger partial charge in [-0.2, -0.15) is 0 Å². The van der Waals surface area contributed by atoms with E-state index in [0.717, 1.165) is 6.42 Å². The number of aliphatic carboxylic acids is 1. The topological polar surface area (TPSA) is 95.5 Å². The van der Waals surface area contributed by atoms with Crippen molar-refractivity contribution in [3.8, 4) is 0 Å². The van der Waals surface area contributed by atoms with Crippen molar-refractivity contribution in [3.05, 3.63) is 29.8 Å². The van der Waals surface area contributed by atoms with E-state index in [1.165, 1.54) is 25.7 Å². The van der Waals surface area contributed by atoms with Gasteiger partial charge in [0.05, 0.1) is 12.0 Å². The van der Waals surface area contributed by atoms with E-state index in [-0.39, 0.29) is 18.4 Å². The summed E-state index contributed by atoms with van der Waals surface area (Å²) >= 11 is 0. The van der Waals surface area contributed by atoms with Crippen LogP contribution in [0.3, 0.4) is 0 Å². The second-order valence-corrected chi connectivity index (χ2v) is 7.52. The Morgan fingerprint density at radius 2 is 1.69 bits per heavy atom. The molecule has 6 heteroatoms. The highest BCUT2D eigenvalue weighted by Gasteiger charge is 2.29. The van der Waals surface area contributed by atoms with Crippen LogP contribution in [0, 0.1) is 5.92 Å². The van der Waals surface area contributed by atoms with Gasteiger partial charge in [-0.3, -0.25) is 14.4 Å². The van der Waals surface area contributed by atoms with E-state index in [0.29, 0.717) is 23.6 Å². The van der Waals surface area contributed by atoms with Gasteiger partial charge in [0.2, 0.25) is 11.8 Å². The molecular formula is C20H28N2O4. The largest absolute Gasteiger partial charge is 0.481 e. The van der Waals surface area contributed by atoms with Gasteiger partial charge >= 0.3 is 5.97 Å². The minimum Gasteiger partial charge on any atom is -0.481 e. The summed E-state index contributed by atoms with van der Waals surface area (Å²) in [7, 11) is 0. The van der Waals surface area contributed by atoms with Gasteiger partial charge in [0.1, 0.15) is 0 Å². The first-order valence-corrected chi connectivity index (χ1v) is 9.19. The first-order valence-electron chi connectivity index (χ1n) is 9.19. The first kappa shape index (κ1) is 19.9. The zero-order chi connectivity index (χ0) is 19.2. The van der Waals surface area contributed by atoms with E-state index in [1.54, 1.807) is 38.1 Å². The molecule has 1 aromatic rings. The van der Waals surface area contributed by atoms with Crippen molar-refractivity contribution < 1.29 is 19.5 Å². The average Bonchev–Trinajstić information content (AvgIpc) is 3.12. The molecule has 0 spiro atoms. The number of carboxylic acid groups (broad SMARTS) is 1. The van der Waals surface area contributed by atoms with Gasteiger partial charge < -0.3 is 15.7 Å². The molecule has 0 radical (unpaired) electrons. The highest BCUT2D eigenvalue weighted by molar-refractivity contribution is 5.94. The Bertz CT molecular complexity index is 646. The van der Waals surface area contributed by atoms with E-state index in [2.05, 4.69) is 10.6 Å². The summed E-state index contributed by atoms with van der Waals surface area (Å²) in [6, 6.07) is 6.70. The van der Waals surface area contributed by atoms with Crippen molar-refractivity contribution in [2.24, 2.45) is 5.92 Å². The second kappa shape index (κ2) is 8.83.